The summed E-state index contributed by atoms with van der Waals surface area (Å²) in [4.78, 5) is 10.5. The van der Waals surface area contributed by atoms with E-state index in [2.05, 4.69) is 25.8 Å². The molecule has 0 saturated heterocycles. The van der Waals surface area contributed by atoms with E-state index >= 15 is 0 Å². The van der Waals surface area contributed by atoms with Gasteiger partial charge in [-0.1, -0.05) is 60.7 Å². The average molecular weight is 318 g/mol. The van der Waals surface area contributed by atoms with Crippen LogP contribution < -0.4 is 0 Å². The maximum Gasteiger partial charge on any atom is 0.216 e. The van der Waals surface area contributed by atoms with Crippen molar-refractivity contribution >= 4 is 35.0 Å². The van der Waals surface area contributed by atoms with Gasteiger partial charge in [-0.25, -0.2) is 0 Å². The second-order valence-corrected chi connectivity index (χ2v) is 4.31. The van der Waals surface area contributed by atoms with E-state index in [1.165, 1.54) is 0 Å². The van der Waals surface area contributed by atoms with Gasteiger partial charge in [-0.3, -0.25) is 4.79 Å². The fourth-order valence-corrected chi connectivity index (χ4v) is 1.56. The van der Waals surface area contributed by atoms with Crippen LogP contribution in [0.15, 0.2) is 73.8 Å². The van der Waals surface area contributed by atoms with Gasteiger partial charge >= 0.3 is 0 Å². The summed E-state index contributed by atoms with van der Waals surface area (Å²) in [7, 11) is 1.58. The number of thiol groups is 1. The summed E-state index contributed by atoms with van der Waals surface area (Å²) in [5, 5.41) is 0.358. The zero-order chi connectivity index (χ0) is 16.1. The normalized spacial score (nSPS) is 8.29. The van der Waals surface area contributed by atoms with E-state index < -0.39 is 0 Å². The third-order valence-corrected chi connectivity index (χ3v) is 2.88. The molecule has 0 amide bonds. The van der Waals surface area contributed by atoms with E-state index in [-0.39, 0.29) is 5.12 Å². The molecule has 2 aromatic carbocycles. The summed E-state index contributed by atoms with van der Waals surface area (Å²) >= 11 is 8.55. The Kier molecular flexibility index (Phi) is 10.8. The number of methoxy groups -OCH3 is 1. The van der Waals surface area contributed by atoms with Gasteiger partial charge in [0.25, 0.3) is 0 Å². The van der Waals surface area contributed by atoms with Crippen LogP contribution in [0.3, 0.4) is 0 Å². The molecule has 2 nitrogen and oxygen atoms in total. The Bertz CT molecular complexity index is 539. The largest absolute Gasteiger partial charge is 0.486 e. The number of hydrogen-bond acceptors (Lipinski definition) is 3. The molecular formula is C17H18O2S2. The first-order valence-electron chi connectivity index (χ1n) is 6.07. The summed E-state index contributed by atoms with van der Waals surface area (Å²) in [6, 6.07) is 18.6. The summed E-state index contributed by atoms with van der Waals surface area (Å²) < 4.78 is 4.87. The minimum absolute atomic E-state index is 0.185. The van der Waals surface area contributed by atoms with Crippen molar-refractivity contribution in [3.63, 3.8) is 0 Å². The lowest BCUT2D eigenvalue weighted by Gasteiger charge is -1.99. The van der Waals surface area contributed by atoms with Crippen molar-refractivity contribution in [3.8, 4) is 0 Å². The van der Waals surface area contributed by atoms with Gasteiger partial charge in [0.1, 0.15) is 0 Å². The Morgan fingerprint density at radius 1 is 0.952 bits per heavy atom. The first-order valence-corrected chi connectivity index (χ1v) is 6.92. The standard InChI is InChI=1S/C8H8OS.C7H6OS.C2H4/c1-9-8(10)7-5-3-2-4-6-7;8-7(9)6-4-2-1-3-5-6;1-2/h2-6H,1H3;1-5H,(H,8,9);1-2H2. The first kappa shape index (κ1) is 19.1. The quantitative estimate of drug-likeness (QED) is 0.499. The maximum atomic E-state index is 10.5. The third kappa shape index (κ3) is 8.07. The van der Waals surface area contributed by atoms with Gasteiger partial charge in [0, 0.05) is 11.1 Å². The highest BCUT2D eigenvalue weighted by atomic mass is 32.1. The highest BCUT2D eigenvalue weighted by Gasteiger charge is 1.95. The number of hydrogen-bond donors (Lipinski definition) is 1. The van der Waals surface area contributed by atoms with Crippen LogP contribution in [0.2, 0.25) is 0 Å². The minimum atomic E-state index is -0.185. The van der Waals surface area contributed by atoms with Crippen molar-refractivity contribution in [2.75, 3.05) is 7.11 Å². The fourth-order valence-electron chi connectivity index (χ4n) is 1.27. The molecule has 2 rings (SSSR count). The molecule has 0 atom stereocenters. The van der Waals surface area contributed by atoms with Crippen molar-refractivity contribution in [2.45, 2.75) is 0 Å². The van der Waals surface area contributed by atoms with Crippen LogP contribution in [0.25, 0.3) is 0 Å². The van der Waals surface area contributed by atoms with Crippen molar-refractivity contribution in [2.24, 2.45) is 0 Å². The van der Waals surface area contributed by atoms with Gasteiger partial charge < -0.3 is 4.74 Å². The minimum Gasteiger partial charge on any atom is -0.486 e. The highest BCUT2D eigenvalue weighted by molar-refractivity contribution is 7.97. The predicted octanol–water partition coefficient (Wildman–Crippen LogP) is 4.57. The molecule has 21 heavy (non-hydrogen) atoms. The fraction of sp³-hybridized carbons (Fsp3) is 0.0588. The molecule has 0 heterocycles. The lowest BCUT2D eigenvalue weighted by Crippen LogP contribution is -1.97. The van der Waals surface area contributed by atoms with E-state index in [0.29, 0.717) is 10.6 Å². The lowest BCUT2D eigenvalue weighted by molar-refractivity contribution is 0.109. The van der Waals surface area contributed by atoms with Crippen LogP contribution in [0, 0.1) is 0 Å². The molecular weight excluding hydrogens is 300 g/mol. The molecule has 0 N–H and O–H groups in total. The van der Waals surface area contributed by atoms with Crippen molar-refractivity contribution in [3.05, 3.63) is 84.9 Å². The van der Waals surface area contributed by atoms with Crippen molar-refractivity contribution in [1.82, 2.24) is 0 Å². The second-order valence-electron chi connectivity index (χ2n) is 3.53. The Hall–Kier alpha value is -1.91. The zero-order valence-corrected chi connectivity index (χ0v) is 13.6. The molecule has 4 heteroatoms. The molecule has 0 aliphatic carbocycles. The van der Waals surface area contributed by atoms with Crippen LogP contribution >= 0.6 is 24.8 Å². The van der Waals surface area contributed by atoms with Crippen LogP contribution in [0.5, 0.6) is 0 Å². The van der Waals surface area contributed by atoms with Gasteiger partial charge in [-0.05, 0) is 12.2 Å². The Morgan fingerprint density at radius 3 is 1.62 bits per heavy atom. The Balaban J connectivity index is 0.000000342. The Labute approximate surface area is 136 Å². The monoisotopic (exact) mass is 318 g/mol. The summed E-state index contributed by atoms with van der Waals surface area (Å²) in [5.74, 6) is 0. The molecule has 110 valence electrons. The van der Waals surface area contributed by atoms with Gasteiger partial charge in [-0.15, -0.1) is 25.8 Å². The molecule has 0 aliphatic rings. The Morgan fingerprint density at radius 2 is 1.33 bits per heavy atom. The van der Waals surface area contributed by atoms with E-state index in [4.69, 9.17) is 17.0 Å². The molecule has 0 fully saturated rings. The van der Waals surface area contributed by atoms with E-state index in [9.17, 15) is 4.79 Å². The van der Waals surface area contributed by atoms with Gasteiger partial charge in [0.05, 0.1) is 7.11 Å². The SMILES string of the molecule is C=C.COC(=S)c1ccccc1.O=C(S)c1ccccc1. The van der Waals surface area contributed by atoms with Crippen LogP contribution in [0.4, 0.5) is 0 Å². The van der Waals surface area contributed by atoms with Crippen LogP contribution in [0.1, 0.15) is 15.9 Å². The number of ether oxygens (including phenoxy) is 1. The molecule has 0 spiro atoms. The van der Waals surface area contributed by atoms with Crippen LogP contribution in [-0.2, 0) is 4.74 Å². The second kappa shape index (κ2) is 11.9. The van der Waals surface area contributed by atoms with Crippen molar-refractivity contribution in [1.29, 1.82) is 0 Å². The van der Waals surface area contributed by atoms with Crippen LogP contribution in [-0.4, -0.2) is 17.3 Å². The topological polar surface area (TPSA) is 26.3 Å². The molecule has 0 aliphatic heterocycles. The smallest absolute Gasteiger partial charge is 0.216 e. The highest BCUT2D eigenvalue weighted by Crippen LogP contribution is 2.01. The third-order valence-electron chi connectivity index (χ3n) is 2.22. The molecule has 0 aromatic heterocycles. The van der Waals surface area contributed by atoms with Gasteiger partial charge in [-0.2, -0.15) is 0 Å². The molecule has 0 saturated carbocycles. The summed E-state index contributed by atoms with van der Waals surface area (Å²) in [6.45, 7) is 6.00. The number of carbonyl (C=O) groups excluding carboxylic acids is 1. The molecule has 0 bridgehead atoms. The predicted molar refractivity (Wildman–Crippen MR) is 96.2 cm³/mol. The van der Waals surface area contributed by atoms with Gasteiger partial charge in [0.2, 0.25) is 5.12 Å². The molecule has 2 aromatic rings. The number of benzene rings is 2. The van der Waals surface area contributed by atoms with E-state index in [0.717, 1.165) is 5.56 Å². The van der Waals surface area contributed by atoms with Crippen molar-refractivity contribution < 1.29 is 9.53 Å². The molecule has 0 radical (unpaired) electrons. The summed E-state index contributed by atoms with van der Waals surface area (Å²) in [6.07, 6.45) is 0. The first-order chi connectivity index (χ1) is 10.1. The summed E-state index contributed by atoms with van der Waals surface area (Å²) in [5.41, 5.74) is 1.60. The number of carbonyl (C=O) groups is 1. The zero-order valence-electron chi connectivity index (χ0n) is 11.9. The van der Waals surface area contributed by atoms with E-state index in [1.54, 1.807) is 19.2 Å². The van der Waals surface area contributed by atoms with Gasteiger partial charge in [0.15, 0.2) is 5.05 Å². The number of rotatable bonds is 2. The average Bonchev–Trinajstić information content (AvgIpc) is 2.58. The maximum absolute atomic E-state index is 10.5. The molecule has 0 unspecified atom stereocenters. The lowest BCUT2D eigenvalue weighted by atomic mass is 10.2. The number of thiocarbonyl (C=S) groups is 1. The van der Waals surface area contributed by atoms with E-state index in [1.807, 2.05) is 48.5 Å².